The maximum Gasteiger partial charge on any atom is 0.222 e. The highest BCUT2D eigenvalue weighted by molar-refractivity contribution is 5.76. The number of hydrogen-bond acceptors (Lipinski definition) is 2. The van der Waals surface area contributed by atoms with Crippen molar-refractivity contribution in [1.29, 1.82) is 0 Å². The first-order valence-corrected chi connectivity index (χ1v) is 6.65. The van der Waals surface area contributed by atoms with E-state index < -0.39 is 0 Å². The fourth-order valence-corrected chi connectivity index (χ4v) is 2.60. The van der Waals surface area contributed by atoms with Gasteiger partial charge in [-0.2, -0.15) is 0 Å². The van der Waals surface area contributed by atoms with Gasteiger partial charge in [-0.15, -0.1) is 0 Å². The largest absolute Gasteiger partial charge is 0.343 e. The lowest BCUT2D eigenvalue weighted by Gasteiger charge is -2.41. The summed E-state index contributed by atoms with van der Waals surface area (Å²) in [5.41, 5.74) is 5.93. The first-order chi connectivity index (χ1) is 7.67. The molecule has 1 aliphatic heterocycles. The van der Waals surface area contributed by atoms with E-state index in [4.69, 9.17) is 5.73 Å². The topological polar surface area (TPSA) is 46.3 Å². The molecule has 1 heterocycles. The lowest BCUT2D eigenvalue weighted by Crippen LogP contribution is -2.42. The van der Waals surface area contributed by atoms with E-state index in [9.17, 15) is 4.79 Å². The van der Waals surface area contributed by atoms with E-state index in [-0.39, 0.29) is 0 Å². The van der Waals surface area contributed by atoms with Crippen LogP contribution in [-0.4, -0.2) is 30.4 Å². The molecule has 16 heavy (non-hydrogen) atoms. The van der Waals surface area contributed by atoms with Crippen LogP contribution in [0, 0.1) is 5.41 Å². The quantitative estimate of drug-likeness (QED) is 0.781. The summed E-state index contributed by atoms with van der Waals surface area (Å²) in [5, 5.41) is 0. The fraction of sp³-hybridized carbons (Fsp3) is 0.923. The Bertz CT molecular complexity index is 214. The van der Waals surface area contributed by atoms with Crippen molar-refractivity contribution in [1.82, 2.24) is 4.90 Å². The van der Waals surface area contributed by atoms with E-state index in [0.717, 1.165) is 19.5 Å². The standard InChI is InChI=1S/C13H26N2O/c1-3-13(4-2)7-10-15(11-8-13)12(16)6-5-9-14/h3-11,14H2,1-2H3. The number of carbonyl (C=O) groups is 1. The average Bonchev–Trinajstić information content (AvgIpc) is 2.36. The summed E-state index contributed by atoms with van der Waals surface area (Å²) in [7, 11) is 0. The van der Waals surface area contributed by atoms with Crippen molar-refractivity contribution in [2.75, 3.05) is 19.6 Å². The van der Waals surface area contributed by atoms with Gasteiger partial charge in [0.15, 0.2) is 0 Å². The summed E-state index contributed by atoms with van der Waals surface area (Å²) >= 11 is 0. The predicted octanol–water partition coefficient (Wildman–Crippen LogP) is 2.15. The summed E-state index contributed by atoms with van der Waals surface area (Å²) in [5.74, 6) is 0.297. The molecular formula is C13H26N2O. The molecule has 3 heteroatoms. The molecule has 0 bridgehead atoms. The highest BCUT2D eigenvalue weighted by Crippen LogP contribution is 2.37. The first-order valence-electron chi connectivity index (χ1n) is 6.65. The Morgan fingerprint density at radius 1 is 1.25 bits per heavy atom. The zero-order valence-corrected chi connectivity index (χ0v) is 10.8. The molecule has 3 nitrogen and oxygen atoms in total. The minimum atomic E-state index is 0.297. The summed E-state index contributed by atoms with van der Waals surface area (Å²) < 4.78 is 0. The van der Waals surface area contributed by atoms with E-state index >= 15 is 0 Å². The number of piperidine rings is 1. The van der Waals surface area contributed by atoms with Crippen molar-refractivity contribution in [2.45, 2.75) is 52.4 Å². The molecule has 1 fully saturated rings. The Balaban J connectivity index is 2.39. The molecule has 0 saturated carbocycles. The van der Waals surface area contributed by atoms with Crippen molar-refractivity contribution in [3.05, 3.63) is 0 Å². The smallest absolute Gasteiger partial charge is 0.222 e. The van der Waals surface area contributed by atoms with Gasteiger partial charge in [0.2, 0.25) is 5.91 Å². The van der Waals surface area contributed by atoms with Crippen LogP contribution in [0.3, 0.4) is 0 Å². The summed E-state index contributed by atoms with van der Waals surface area (Å²) in [6.45, 7) is 7.06. The van der Waals surface area contributed by atoms with Gasteiger partial charge in [-0.1, -0.05) is 26.7 Å². The number of nitrogens with zero attached hydrogens (tertiary/aromatic N) is 1. The third-order valence-corrected chi connectivity index (χ3v) is 4.27. The van der Waals surface area contributed by atoms with Crippen LogP contribution in [0.1, 0.15) is 52.4 Å². The zero-order valence-electron chi connectivity index (χ0n) is 10.8. The van der Waals surface area contributed by atoms with Gasteiger partial charge >= 0.3 is 0 Å². The number of nitrogens with two attached hydrogens (primary N) is 1. The van der Waals surface area contributed by atoms with Gasteiger partial charge in [0.1, 0.15) is 0 Å². The predicted molar refractivity (Wildman–Crippen MR) is 67.1 cm³/mol. The molecule has 1 rings (SSSR count). The number of carbonyl (C=O) groups excluding carboxylic acids is 1. The van der Waals surface area contributed by atoms with Crippen LogP contribution in [0.15, 0.2) is 0 Å². The molecular weight excluding hydrogens is 200 g/mol. The SMILES string of the molecule is CCC1(CC)CCN(C(=O)CCCN)CC1. The zero-order chi connectivity index (χ0) is 12.0. The van der Waals surface area contributed by atoms with Gasteiger partial charge in [-0.25, -0.2) is 0 Å². The third kappa shape index (κ3) is 3.21. The monoisotopic (exact) mass is 226 g/mol. The van der Waals surface area contributed by atoms with Crippen LogP contribution < -0.4 is 5.73 Å². The van der Waals surface area contributed by atoms with Crippen LogP contribution in [0.4, 0.5) is 0 Å². The second-order valence-corrected chi connectivity index (χ2v) is 4.98. The summed E-state index contributed by atoms with van der Waals surface area (Å²) in [6, 6.07) is 0. The molecule has 0 aliphatic carbocycles. The fourth-order valence-electron chi connectivity index (χ4n) is 2.60. The third-order valence-electron chi connectivity index (χ3n) is 4.27. The van der Waals surface area contributed by atoms with Gasteiger partial charge in [0, 0.05) is 19.5 Å². The maximum absolute atomic E-state index is 11.8. The first kappa shape index (κ1) is 13.5. The lowest BCUT2D eigenvalue weighted by molar-refractivity contribution is -0.133. The molecule has 94 valence electrons. The van der Waals surface area contributed by atoms with Crippen molar-refractivity contribution in [2.24, 2.45) is 11.1 Å². The second kappa shape index (κ2) is 6.24. The highest BCUT2D eigenvalue weighted by atomic mass is 16.2. The molecule has 0 unspecified atom stereocenters. The second-order valence-electron chi connectivity index (χ2n) is 4.98. The Morgan fingerprint density at radius 3 is 2.25 bits per heavy atom. The molecule has 2 N–H and O–H groups in total. The Morgan fingerprint density at radius 2 is 1.81 bits per heavy atom. The molecule has 0 aromatic heterocycles. The molecule has 1 saturated heterocycles. The lowest BCUT2D eigenvalue weighted by atomic mass is 9.74. The Hall–Kier alpha value is -0.570. The van der Waals surface area contributed by atoms with Gasteiger partial charge in [-0.3, -0.25) is 4.79 Å². The molecule has 0 aromatic rings. The van der Waals surface area contributed by atoms with E-state index in [2.05, 4.69) is 13.8 Å². The minimum absolute atomic E-state index is 0.297. The molecule has 0 aromatic carbocycles. The number of rotatable bonds is 5. The van der Waals surface area contributed by atoms with Gasteiger partial charge in [0.25, 0.3) is 0 Å². The normalized spacial score (nSPS) is 19.8. The van der Waals surface area contributed by atoms with Crippen molar-refractivity contribution in [3.63, 3.8) is 0 Å². The average molecular weight is 226 g/mol. The van der Waals surface area contributed by atoms with Gasteiger partial charge in [0.05, 0.1) is 0 Å². The Labute approximate surface area is 99.4 Å². The van der Waals surface area contributed by atoms with Crippen molar-refractivity contribution in [3.8, 4) is 0 Å². The highest BCUT2D eigenvalue weighted by Gasteiger charge is 2.32. The van der Waals surface area contributed by atoms with E-state index in [1.165, 1.54) is 25.7 Å². The number of likely N-dealkylation sites (tertiary alicyclic amines) is 1. The Kier molecular flexibility index (Phi) is 5.26. The minimum Gasteiger partial charge on any atom is -0.343 e. The molecule has 1 aliphatic rings. The van der Waals surface area contributed by atoms with E-state index in [1.54, 1.807) is 0 Å². The maximum atomic E-state index is 11.8. The molecule has 0 spiro atoms. The van der Waals surface area contributed by atoms with Crippen LogP contribution in [0.25, 0.3) is 0 Å². The summed E-state index contributed by atoms with van der Waals surface area (Å²) in [4.78, 5) is 13.8. The van der Waals surface area contributed by atoms with Crippen LogP contribution in [-0.2, 0) is 4.79 Å². The molecule has 0 radical (unpaired) electrons. The van der Waals surface area contributed by atoms with Crippen molar-refractivity contribution < 1.29 is 4.79 Å². The van der Waals surface area contributed by atoms with Crippen LogP contribution in [0.2, 0.25) is 0 Å². The van der Waals surface area contributed by atoms with E-state index in [1.807, 2.05) is 4.90 Å². The van der Waals surface area contributed by atoms with Crippen LogP contribution in [0.5, 0.6) is 0 Å². The number of amides is 1. The molecule has 0 atom stereocenters. The summed E-state index contributed by atoms with van der Waals surface area (Å²) in [6.07, 6.45) is 6.29. The van der Waals surface area contributed by atoms with E-state index in [0.29, 0.717) is 24.3 Å². The number of hydrogen-bond donors (Lipinski definition) is 1. The van der Waals surface area contributed by atoms with Gasteiger partial charge < -0.3 is 10.6 Å². The molecule has 1 amide bonds. The van der Waals surface area contributed by atoms with Crippen molar-refractivity contribution >= 4 is 5.91 Å². The van der Waals surface area contributed by atoms with Crippen LogP contribution >= 0.6 is 0 Å². The van der Waals surface area contributed by atoms with Gasteiger partial charge in [-0.05, 0) is 31.2 Å².